The maximum atomic E-state index is 6.56. The fraction of sp³-hybridized carbons (Fsp3) is 0.296. The SMILES string of the molecule is CCc1c(N(c2ccc(C(C)(C)C)cc2)c2c(C)[nH]c3ccc(C(C)C)cc23)cc(C)cc1N(c1ccc(C(C)(C)C)cc1)c1c(C)ccc2oc3ccccc3c12. The molecule has 0 fully saturated rings. The van der Waals surface area contributed by atoms with Crippen molar-refractivity contribution in [3.8, 4) is 0 Å². The van der Waals surface area contributed by atoms with Crippen LogP contribution in [0.1, 0.15) is 107 Å². The predicted octanol–water partition coefficient (Wildman–Crippen LogP) is 16.2. The van der Waals surface area contributed by atoms with Crippen molar-refractivity contribution in [3.63, 3.8) is 0 Å². The summed E-state index contributed by atoms with van der Waals surface area (Å²) in [6.45, 7) is 27.3. The number of nitrogens with zero attached hydrogens (tertiary/aromatic N) is 2. The van der Waals surface area contributed by atoms with Gasteiger partial charge in [-0.3, -0.25) is 0 Å². The average molecular weight is 766 g/mol. The summed E-state index contributed by atoms with van der Waals surface area (Å²) < 4.78 is 6.56. The zero-order valence-corrected chi connectivity index (χ0v) is 36.6. The first-order valence-electron chi connectivity index (χ1n) is 21.0. The highest BCUT2D eigenvalue weighted by atomic mass is 16.3. The second-order valence-corrected chi connectivity index (χ2v) is 18.7. The minimum absolute atomic E-state index is 0.0286. The molecule has 0 saturated carbocycles. The lowest BCUT2D eigenvalue weighted by atomic mass is 9.87. The van der Waals surface area contributed by atoms with E-state index in [1.165, 1.54) is 55.8 Å². The Bertz CT molecular complexity index is 2780. The Morgan fingerprint density at radius 2 is 1.17 bits per heavy atom. The second kappa shape index (κ2) is 14.6. The van der Waals surface area contributed by atoms with Gasteiger partial charge < -0.3 is 19.2 Å². The maximum Gasteiger partial charge on any atom is 0.137 e. The summed E-state index contributed by atoms with van der Waals surface area (Å²) in [5.41, 5.74) is 18.7. The first-order chi connectivity index (χ1) is 27.5. The van der Waals surface area contributed by atoms with Crippen LogP contribution in [0, 0.1) is 20.8 Å². The molecule has 4 heteroatoms. The number of para-hydroxylation sites is 1. The first kappa shape index (κ1) is 39.1. The third kappa shape index (κ3) is 6.87. The van der Waals surface area contributed by atoms with Gasteiger partial charge in [-0.05, 0) is 138 Å². The molecule has 0 radical (unpaired) electrons. The number of fused-ring (bicyclic) bond motifs is 4. The molecule has 6 aromatic carbocycles. The standard InChI is InChI=1S/C54H59N3O/c1-13-42-46(56(40-24-20-38(21-25-40)53(7,8)9)51-35(5)18-29-49-50(51)43-16-14-15-17-48(43)58-49)30-34(4)31-47(42)57(41-26-22-39(23-27-41)54(10,11)12)52-36(6)55-45-28-19-37(33(2)3)32-44(45)52/h14-33,55H,13H2,1-12H3. The lowest BCUT2D eigenvalue weighted by molar-refractivity contribution is 0.590. The van der Waals surface area contributed by atoms with Gasteiger partial charge in [0.25, 0.3) is 0 Å². The molecule has 58 heavy (non-hydrogen) atoms. The van der Waals surface area contributed by atoms with E-state index in [2.05, 4.69) is 213 Å². The van der Waals surface area contributed by atoms with Crippen molar-refractivity contribution in [2.75, 3.05) is 9.80 Å². The molecule has 2 heterocycles. The summed E-state index contributed by atoms with van der Waals surface area (Å²) in [7, 11) is 0. The number of nitrogens with one attached hydrogen (secondary N) is 1. The van der Waals surface area contributed by atoms with E-state index in [0.29, 0.717) is 5.92 Å². The van der Waals surface area contributed by atoms with Crippen LogP contribution in [-0.4, -0.2) is 4.98 Å². The molecule has 0 spiro atoms. The first-order valence-corrected chi connectivity index (χ1v) is 21.0. The smallest absolute Gasteiger partial charge is 0.137 e. The Hall–Kier alpha value is -5.74. The van der Waals surface area contributed by atoms with Gasteiger partial charge in [-0.25, -0.2) is 0 Å². The van der Waals surface area contributed by atoms with Gasteiger partial charge in [0.15, 0.2) is 0 Å². The quantitative estimate of drug-likeness (QED) is 0.167. The van der Waals surface area contributed by atoms with E-state index in [9.17, 15) is 0 Å². The Morgan fingerprint density at radius 1 is 0.603 bits per heavy atom. The minimum Gasteiger partial charge on any atom is -0.456 e. The highest BCUT2D eigenvalue weighted by molar-refractivity contribution is 6.14. The zero-order chi connectivity index (χ0) is 41.3. The summed E-state index contributed by atoms with van der Waals surface area (Å²) in [4.78, 5) is 8.83. The number of aromatic nitrogens is 1. The number of H-pyrrole nitrogens is 1. The number of furan rings is 1. The van der Waals surface area contributed by atoms with Crippen molar-refractivity contribution in [3.05, 3.63) is 154 Å². The van der Waals surface area contributed by atoms with E-state index in [-0.39, 0.29) is 10.8 Å². The number of hydrogen-bond acceptors (Lipinski definition) is 3. The molecule has 1 N–H and O–H groups in total. The van der Waals surface area contributed by atoms with Crippen LogP contribution < -0.4 is 9.80 Å². The van der Waals surface area contributed by atoms with E-state index in [1.54, 1.807) is 0 Å². The van der Waals surface area contributed by atoms with Crippen LogP contribution in [0.3, 0.4) is 0 Å². The van der Waals surface area contributed by atoms with Crippen molar-refractivity contribution < 1.29 is 4.42 Å². The summed E-state index contributed by atoms with van der Waals surface area (Å²) in [6.07, 6.45) is 0.817. The van der Waals surface area contributed by atoms with E-state index < -0.39 is 0 Å². The molecule has 2 aromatic heterocycles. The molecule has 0 atom stereocenters. The third-order valence-electron chi connectivity index (χ3n) is 12.0. The average Bonchev–Trinajstić information content (AvgIpc) is 3.72. The molecule has 8 rings (SSSR count). The van der Waals surface area contributed by atoms with Crippen LogP contribution in [0.15, 0.2) is 120 Å². The van der Waals surface area contributed by atoms with Crippen molar-refractivity contribution >= 4 is 67.0 Å². The number of hydrogen-bond donors (Lipinski definition) is 1. The van der Waals surface area contributed by atoms with E-state index in [0.717, 1.165) is 56.6 Å². The van der Waals surface area contributed by atoms with Crippen molar-refractivity contribution in [1.82, 2.24) is 4.98 Å². The molecule has 296 valence electrons. The van der Waals surface area contributed by atoms with Gasteiger partial charge in [0.2, 0.25) is 0 Å². The van der Waals surface area contributed by atoms with Crippen LogP contribution in [0.2, 0.25) is 0 Å². The minimum atomic E-state index is 0.0286. The van der Waals surface area contributed by atoms with Crippen molar-refractivity contribution in [2.45, 2.75) is 106 Å². The molecule has 0 bridgehead atoms. The van der Waals surface area contributed by atoms with Crippen LogP contribution in [0.25, 0.3) is 32.8 Å². The maximum absolute atomic E-state index is 6.56. The predicted molar refractivity (Wildman–Crippen MR) is 250 cm³/mol. The Balaban J connectivity index is 1.46. The van der Waals surface area contributed by atoms with E-state index in [4.69, 9.17) is 4.42 Å². The van der Waals surface area contributed by atoms with E-state index in [1.807, 2.05) is 0 Å². The topological polar surface area (TPSA) is 35.4 Å². The van der Waals surface area contributed by atoms with Gasteiger partial charge in [-0.1, -0.05) is 117 Å². The second-order valence-electron chi connectivity index (χ2n) is 18.7. The highest BCUT2D eigenvalue weighted by Gasteiger charge is 2.29. The normalized spacial score (nSPS) is 12.4. The number of benzene rings is 6. The Morgan fingerprint density at radius 3 is 1.72 bits per heavy atom. The molecule has 0 unspecified atom stereocenters. The van der Waals surface area contributed by atoms with Gasteiger partial charge in [0.1, 0.15) is 11.2 Å². The summed E-state index contributed by atoms with van der Waals surface area (Å²) in [5, 5.41) is 3.48. The van der Waals surface area contributed by atoms with Gasteiger partial charge in [0.05, 0.1) is 28.1 Å². The molecule has 0 aliphatic rings. The third-order valence-corrected chi connectivity index (χ3v) is 12.0. The lowest BCUT2D eigenvalue weighted by Crippen LogP contribution is -2.19. The van der Waals surface area contributed by atoms with Crippen LogP contribution in [0.4, 0.5) is 34.1 Å². The van der Waals surface area contributed by atoms with Crippen molar-refractivity contribution in [2.24, 2.45) is 0 Å². The van der Waals surface area contributed by atoms with Gasteiger partial charge in [-0.2, -0.15) is 0 Å². The molecule has 0 aliphatic heterocycles. The molecule has 8 aromatic rings. The van der Waals surface area contributed by atoms with Crippen LogP contribution in [0.5, 0.6) is 0 Å². The number of aryl methyl sites for hydroxylation is 3. The summed E-state index contributed by atoms with van der Waals surface area (Å²) in [6, 6.07) is 43.0. The summed E-state index contributed by atoms with van der Waals surface area (Å²) >= 11 is 0. The van der Waals surface area contributed by atoms with Crippen LogP contribution >= 0.6 is 0 Å². The molecule has 0 aliphatic carbocycles. The summed E-state index contributed by atoms with van der Waals surface area (Å²) in [5.74, 6) is 0.409. The highest BCUT2D eigenvalue weighted by Crippen LogP contribution is 2.51. The monoisotopic (exact) mass is 765 g/mol. The Kier molecular flexibility index (Phi) is 9.83. The largest absolute Gasteiger partial charge is 0.456 e. The Labute approximate surface area is 345 Å². The fourth-order valence-electron chi connectivity index (χ4n) is 8.71. The molecule has 0 saturated heterocycles. The lowest BCUT2D eigenvalue weighted by Gasteiger charge is -2.34. The zero-order valence-electron chi connectivity index (χ0n) is 36.6. The van der Waals surface area contributed by atoms with Crippen LogP contribution in [-0.2, 0) is 17.3 Å². The van der Waals surface area contributed by atoms with Gasteiger partial charge in [-0.15, -0.1) is 0 Å². The fourth-order valence-corrected chi connectivity index (χ4v) is 8.71. The molecule has 0 amide bonds. The molecular formula is C54H59N3O. The number of rotatable bonds is 8. The van der Waals surface area contributed by atoms with Crippen molar-refractivity contribution in [1.29, 1.82) is 0 Å². The van der Waals surface area contributed by atoms with Gasteiger partial charge >= 0.3 is 0 Å². The molecular weight excluding hydrogens is 707 g/mol. The van der Waals surface area contributed by atoms with Gasteiger partial charge in [0, 0.05) is 33.4 Å². The molecule has 4 nitrogen and oxygen atoms in total. The number of aromatic amines is 1. The van der Waals surface area contributed by atoms with E-state index >= 15 is 0 Å². The number of anilines is 6.